The van der Waals surface area contributed by atoms with Gasteiger partial charge >= 0.3 is 6.03 Å². The van der Waals surface area contributed by atoms with Crippen LogP contribution in [0.4, 0.5) is 10.5 Å². The highest BCUT2D eigenvalue weighted by molar-refractivity contribution is 5.89. The molecule has 0 aliphatic rings. The monoisotopic (exact) mass is 245 g/mol. The summed E-state index contributed by atoms with van der Waals surface area (Å²) in [5.41, 5.74) is 1.90. The van der Waals surface area contributed by atoms with Gasteiger partial charge in [-0.15, -0.1) is 0 Å². The molecule has 6 heteroatoms. The number of nitrogens with one attached hydrogen (secondary N) is 3. The lowest BCUT2D eigenvalue weighted by Gasteiger charge is -2.12. The highest BCUT2D eigenvalue weighted by Crippen LogP contribution is 2.09. The predicted octanol–water partition coefficient (Wildman–Crippen LogP) is 2.00. The van der Waals surface area contributed by atoms with E-state index in [9.17, 15) is 4.79 Å². The number of rotatable bonds is 3. The van der Waals surface area contributed by atoms with Crippen molar-refractivity contribution in [1.82, 2.24) is 20.5 Å². The van der Waals surface area contributed by atoms with Crippen molar-refractivity contribution in [3.05, 3.63) is 42.0 Å². The molecule has 0 radical (unpaired) electrons. The van der Waals surface area contributed by atoms with Crippen LogP contribution in [0.1, 0.15) is 24.4 Å². The lowest BCUT2D eigenvalue weighted by molar-refractivity contribution is 0.249. The lowest BCUT2D eigenvalue weighted by Crippen LogP contribution is -2.31. The maximum absolute atomic E-state index is 11.7. The summed E-state index contributed by atoms with van der Waals surface area (Å²) in [4.78, 5) is 15.7. The first-order valence-electron chi connectivity index (χ1n) is 5.64. The first kappa shape index (κ1) is 12.1. The van der Waals surface area contributed by atoms with Crippen LogP contribution in [0.25, 0.3) is 0 Å². The van der Waals surface area contributed by atoms with Gasteiger partial charge in [-0.05, 0) is 26.0 Å². The van der Waals surface area contributed by atoms with Gasteiger partial charge in [0.25, 0.3) is 0 Å². The standard InChI is InChI=1S/C12H15N5O/c1-8-3-5-10(6-4-8)16-12(18)15-9(2)11-13-7-14-17-11/h3-7,9H,1-2H3,(H,13,14,17)(H2,15,16,18)/t9-/m0/s1. The number of H-pyrrole nitrogens is 1. The predicted molar refractivity (Wildman–Crippen MR) is 68.1 cm³/mol. The number of urea groups is 1. The van der Waals surface area contributed by atoms with Gasteiger partial charge in [-0.3, -0.25) is 5.10 Å². The Hall–Kier alpha value is -2.37. The lowest BCUT2D eigenvalue weighted by atomic mass is 10.2. The second kappa shape index (κ2) is 5.31. The summed E-state index contributed by atoms with van der Waals surface area (Å²) in [5.74, 6) is 0.619. The molecule has 1 aromatic carbocycles. The van der Waals surface area contributed by atoms with Crippen LogP contribution in [0.2, 0.25) is 0 Å². The Morgan fingerprint density at radius 1 is 1.33 bits per heavy atom. The van der Waals surface area contributed by atoms with Crippen LogP contribution < -0.4 is 10.6 Å². The quantitative estimate of drug-likeness (QED) is 0.773. The number of aromatic amines is 1. The fourth-order valence-electron chi connectivity index (χ4n) is 1.49. The summed E-state index contributed by atoms with van der Waals surface area (Å²) < 4.78 is 0. The number of carbonyl (C=O) groups excluding carboxylic acids is 1. The van der Waals surface area contributed by atoms with Gasteiger partial charge in [0.05, 0.1) is 6.04 Å². The zero-order chi connectivity index (χ0) is 13.0. The third-order valence-electron chi connectivity index (χ3n) is 2.50. The van der Waals surface area contributed by atoms with E-state index in [2.05, 4.69) is 25.8 Å². The number of benzene rings is 1. The number of carbonyl (C=O) groups is 1. The zero-order valence-corrected chi connectivity index (χ0v) is 10.3. The molecule has 0 aliphatic heterocycles. The van der Waals surface area contributed by atoms with Crippen molar-refractivity contribution in [3.8, 4) is 0 Å². The van der Waals surface area contributed by atoms with Crippen molar-refractivity contribution in [2.24, 2.45) is 0 Å². The Balaban J connectivity index is 1.91. The number of amides is 2. The van der Waals surface area contributed by atoms with Crippen molar-refractivity contribution in [3.63, 3.8) is 0 Å². The van der Waals surface area contributed by atoms with Crippen LogP contribution >= 0.6 is 0 Å². The maximum Gasteiger partial charge on any atom is 0.319 e. The van der Waals surface area contributed by atoms with E-state index in [0.717, 1.165) is 11.3 Å². The van der Waals surface area contributed by atoms with Crippen molar-refractivity contribution >= 4 is 11.7 Å². The Bertz CT molecular complexity index is 506. The molecule has 94 valence electrons. The highest BCUT2D eigenvalue weighted by Gasteiger charge is 2.11. The van der Waals surface area contributed by atoms with Gasteiger partial charge < -0.3 is 10.6 Å². The number of aryl methyl sites for hydroxylation is 1. The SMILES string of the molecule is Cc1ccc(NC(=O)N[C@@H](C)c2ncn[nH]2)cc1. The molecule has 0 spiro atoms. The Kier molecular flexibility index (Phi) is 3.57. The summed E-state index contributed by atoms with van der Waals surface area (Å²) in [6.45, 7) is 3.82. The first-order valence-corrected chi connectivity index (χ1v) is 5.64. The highest BCUT2D eigenvalue weighted by atomic mass is 16.2. The molecular formula is C12H15N5O. The summed E-state index contributed by atoms with van der Waals surface area (Å²) >= 11 is 0. The normalized spacial score (nSPS) is 11.9. The Morgan fingerprint density at radius 3 is 2.67 bits per heavy atom. The van der Waals surface area contributed by atoms with Gasteiger partial charge in [0, 0.05) is 5.69 Å². The molecule has 1 atom stereocenters. The largest absolute Gasteiger partial charge is 0.328 e. The summed E-state index contributed by atoms with van der Waals surface area (Å²) in [6, 6.07) is 7.09. The van der Waals surface area contributed by atoms with Gasteiger partial charge in [-0.25, -0.2) is 9.78 Å². The van der Waals surface area contributed by atoms with E-state index >= 15 is 0 Å². The molecular weight excluding hydrogens is 230 g/mol. The summed E-state index contributed by atoms with van der Waals surface area (Å²) in [7, 11) is 0. The molecule has 1 heterocycles. The van der Waals surface area contributed by atoms with Crippen LogP contribution in [0.3, 0.4) is 0 Å². The van der Waals surface area contributed by atoms with Gasteiger partial charge in [-0.1, -0.05) is 17.7 Å². The van der Waals surface area contributed by atoms with Crippen LogP contribution in [0.15, 0.2) is 30.6 Å². The molecule has 0 unspecified atom stereocenters. The minimum atomic E-state index is -0.275. The Morgan fingerprint density at radius 2 is 2.06 bits per heavy atom. The minimum absolute atomic E-state index is 0.224. The molecule has 0 aliphatic carbocycles. The molecule has 0 bridgehead atoms. The molecule has 3 N–H and O–H groups in total. The summed E-state index contributed by atoms with van der Waals surface area (Å²) in [6.07, 6.45) is 1.41. The molecule has 1 aromatic heterocycles. The summed E-state index contributed by atoms with van der Waals surface area (Å²) in [5, 5.41) is 12.0. The van der Waals surface area contributed by atoms with E-state index in [1.807, 2.05) is 38.1 Å². The molecule has 2 aromatic rings. The second-order valence-corrected chi connectivity index (χ2v) is 4.06. The molecule has 6 nitrogen and oxygen atoms in total. The number of aromatic nitrogens is 3. The fraction of sp³-hybridized carbons (Fsp3) is 0.250. The van der Waals surface area contributed by atoms with E-state index in [1.54, 1.807) is 0 Å². The third-order valence-corrected chi connectivity index (χ3v) is 2.50. The average Bonchev–Trinajstić information content (AvgIpc) is 2.85. The second-order valence-electron chi connectivity index (χ2n) is 4.06. The van der Waals surface area contributed by atoms with Crippen molar-refractivity contribution < 1.29 is 4.79 Å². The average molecular weight is 245 g/mol. The van der Waals surface area contributed by atoms with Crippen LogP contribution in [-0.2, 0) is 0 Å². The first-order chi connectivity index (χ1) is 8.65. The van der Waals surface area contributed by atoms with Crippen molar-refractivity contribution in [2.75, 3.05) is 5.32 Å². The smallest absolute Gasteiger partial charge is 0.319 e. The number of nitrogens with zero attached hydrogens (tertiary/aromatic N) is 2. The zero-order valence-electron chi connectivity index (χ0n) is 10.3. The van der Waals surface area contributed by atoms with Gasteiger partial charge in [0.1, 0.15) is 12.2 Å². The third kappa shape index (κ3) is 3.07. The van der Waals surface area contributed by atoms with E-state index < -0.39 is 0 Å². The molecule has 2 amide bonds. The van der Waals surface area contributed by atoms with Gasteiger partial charge in [0.15, 0.2) is 0 Å². The topological polar surface area (TPSA) is 82.7 Å². The van der Waals surface area contributed by atoms with E-state index in [0.29, 0.717) is 5.82 Å². The maximum atomic E-state index is 11.7. The van der Waals surface area contributed by atoms with E-state index in [4.69, 9.17) is 0 Å². The fourth-order valence-corrected chi connectivity index (χ4v) is 1.49. The molecule has 2 rings (SSSR count). The van der Waals surface area contributed by atoms with E-state index in [-0.39, 0.29) is 12.1 Å². The number of hydrogen-bond donors (Lipinski definition) is 3. The number of anilines is 1. The molecule has 18 heavy (non-hydrogen) atoms. The van der Waals surface area contributed by atoms with Crippen LogP contribution in [0.5, 0.6) is 0 Å². The van der Waals surface area contributed by atoms with Crippen molar-refractivity contribution in [1.29, 1.82) is 0 Å². The van der Waals surface area contributed by atoms with E-state index in [1.165, 1.54) is 6.33 Å². The van der Waals surface area contributed by atoms with Crippen molar-refractivity contribution in [2.45, 2.75) is 19.9 Å². The minimum Gasteiger partial charge on any atom is -0.328 e. The van der Waals surface area contributed by atoms with Gasteiger partial charge in [0.2, 0.25) is 0 Å². The number of hydrogen-bond acceptors (Lipinski definition) is 3. The Labute approximate surface area is 105 Å². The molecule has 0 fully saturated rings. The van der Waals surface area contributed by atoms with Crippen LogP contribution in [0, 0.1) is 6.92 Å². The molecule has 0 saturated heterocycles. The van der Waals surface area contributed by atoms with Gasteiger partial charge in [-0.2, -0.15) is 5.10 Å². The van der Waals surface area contributed by atoms with Crippen LogP contribution in [-0.4, -0.2) is 21.2 Å². The molecule has 0 saturated carbocycles.